The Morgan fingerprint density at radius 1 is 1.00 bits per heavy atom. The van der Waals surface area contributed by atoms with Gasteiger partial charge in [0.25, 0.3) is 0 Å². The van der Waals surface area contributed by atoms with E-state index in [1.165, 1.54) is 96.7 Å². The van der Waals surface area contributed by atoms with Gasteiger partial charge in [-0.1, -0.05) is 58.8 Å². The molecular formula is C20H41NO2. The Labute approximate surface area is 144 Å². The zero-order chi connectivity index (χ0) is 17.3. The van der Waals surface area contributed by atoms with Crippen LogP contribution in [0, 0.1) is 5.92 Å². The topological polar surface area (TPSA) is 44.6 Å². The lowest BCUT2D eigenvalue weighted by atomic mass is 9.93. The lowest BCUT2D eigenvalue weighted by molar-refractivity contribution is -0.909. The van der Waals surface area contributed by atoms with Crippen LogP contribution in [0.3, 0.4) is 0 Å². The van der Waals surface area contributed by atoms with E-state index in [0.29, 0.717) is 0 Å². The molecule has 0 aromatic carbocycles. The Morgan fingerprint density at radius 3 is 2.13 bits per heavy atom. The molecule has 2 atom stereocenters. The average Bonchev–Trinajstić information content (AvgIpc) is 2.50. The molecular weight excluding hydrogens is 286 g/mol. The van der Waals surface area contributed by atoms with Gasteiger partial charge in [0.15, 0.2) is 0 Å². The van der Waals surface area contributed by atoms with E-state index in [2.05, 4.69) is 13.8 Å². The number of nitrogens with one attached hydrogen (secondary N) is 1. The van der Waals surface area contributed by atoms with Crippen LogP contribution >= 0.6 is 0 Å². The second-order valence-corrected chi connectivity index (χ2v) is 7.22. The van der Waals surface area contributed by atoms with Crippen LogP contribution in [0.15, 0.2) is 0 Å². The van der Waals surface area contributed by atoms with Gasteiger partial charge in [-0.2, -0.15) is 0 Å². The van der Waals surface area contributed by atoms with Crippen molar-refractivity contribution in [1.29, 1.82) is 0 Å². The van der Waals surface area contributed by atoms with Crippen LogP contribution < -0.4 is 10.0 Å². The Hall–Kier alpha value is -0.570. The molecule has 1 aliphatic heterocycles. The Morgan fingerprint density at radius 2 is 1.57 bits per heavy atom. The van der Waals surface area contributed by atoms with Crippen LogP contribution in [-0.2, 0) is 4.79 Å². The molecule has 1 aliphatic rings. The van der Waals surface area contributed by atoms with E-state index in [9.17, 15) is 0 Å². The van der Waals surface area contributed by atoms with Gasteiger partial charge in [-0.05, 0) is 39.0 Å². The lowest BCUT2D eigenvalue weighted by Crippen LogP contribution is -3.13. The van der Waals surface area contributed by atoms with Gasteiger partial charge in [0.2, 0.25) is 0 Å². The number of carboxylic acid groups (broad SMARTS) is 1. The third-order valence-corrected chi connectivity index (χ3v) is 4.80. The number of carbonyl (C=O) groups is 1. The molecule has 1 saturated heterocycles. The predicted octanol–water partition coefficient (Wildman–Crippen LogP) is 2.98. The monoisotopic (exact) mass is 327 g/mol. The SMILES string of the molecule is CC(=O)[O-].CCCCCCCCCC[NH+]1CCCC(CCC)C1. The summed E-state index contributed by atoms with van der Waals surface area (Å²) in [5.74, 6) is -0.0391. The summed E-state index contributed by atoms with van der Waals surface area (Å²) in [7, 11) is 0. The van der Waals surface area contributed by atoms with Crippen molar-refractivity contribution >= 4 is 5.97 Å². The quantitative estimate of drug-likeness (QED) is 0.593. The average molecular weight is 328 g/mol. The third kappa shape index (κ3) is 16.1. The molecule has 0 aromatic rings. The largest absolute Gasteiger partial charge is 0.550 e. The van der Waals surface area contributed by atoms with Crippen LogP contribution in [0.4, 0.5) is 0 Å². The van der Waals surface area contributed by atoms with Crippen LogP contribution in [-0.4, -0.2) is 25.6 Å². The van der Waals surface area contributed by atoms with Gasteiger partial charge in [-0.15, -0.1) is 0 Å². The molecule has 23 heavy (non-hydrogen) atoms. The fourth-order valence-corrected chi connectivity index (χ4v) is 3.64. The van der Waals surface area contributed by atoms with Crippen molar-refractivity contribution in [2.24, 2.45) is 5.92 Å². The number of aliphatic carboxylic acids is 1. The highest BCUT2D eigenvalue weighted by Crippen LogP contribution is 2.13. The Bertz CT molecular complexity index is 262. The number of hydrogen-bond acceptors (Lipinski definition) is 2. The summed E-state index contributed by atoms with van der Waals surface area (Å²) in [5, 5.41) is 8.89. The number of unbranched alkanes of at least 4 members (excludes halogenated alkanes) is 7. The molecule has 1 fully saturated rings. The molecule has 0 spiro atoms. The van der Waals surface area contributed by atoms with Gasteiger partial charge in [0, 0.05) is 11.9 Å². The molecule has 0 amide bonds. The van der Waals surface area contributed by atoms with Crippen molar-refractivity contribution in [2.75, 3.05) is 19.6 Å². The molecule has 138 valence electrons. The molecule has 1 heterocycles. The van der Waals surface area contributed by atoms with Crippen molar-refractivity contribution in [3.8, 4) is 0 Å². The van der Waals surface area contributed by atoms with E-state index in [-0.39, 0.29) is 0 Å². The summed E-state index contributed by atoms with van der Waals surface area (Å²) in [5.41, 5.74) is 0. The molecule has 2 unspecified atom stereocenters. The van der Waals surface area contributed by atoms with Gasteiger partial charge in [-0.25, -0.2) is 0 Å². The number of rotatable bonds is 11. The van der Waals surface area contributed by atoms with Gasteiger partial charge >= 0.3 is 0 Å². The number of likely N-dealkylation sites (tertiary alicyclic amines) is 1. The second-order valence-electron chi connectivity index (χ2n) is 7.22. The molecule has 1 N–H and O–H groups in total. The van der Waals surface area contributed by atoms with E-state index in [4.69, 9.17) is 9.90 Å². The van der Waals surface area contributed by atoms with Crippen molar-refractivity contribution in [2.45, 2.75) is 97.8 Å². The molecule has 0 aliphatic carbocycles. The predicted molar refractivity (Wildman–Crippen MR) is 96.5 cm³/mol. The van der Waals surface area contributed by atoms with Crippen molar-refractivity contribution < 1.29 is 14.8 Å². The maximum Gasteiger partial charge on any atom is 0.0799 e. The highest BCUT2D eigenvalue weighted by atomic mass is 16.4. The lowest BCUT2D eigenvalue weighted by Gasteiger charge is -2.29. The molecule has 3 nitrogen and oxygen atoms in total. The van der Waals surface area contributed by atoms with Gasteiger partial charge in [0.05, 0.1) is 19.6 Å². The minimum absolute atomic E-state index is 0.972. The van der Waals surface area contributed by atoms with E-state index in [0.717, 1.165) is 12.8 Å². The minimum atomic E-state index is -1.08. The molecule has 3 heteroatoms. The first-order chi connectivity index (χ1) is 11.1. The second kappa shape index (κ2) is 16.3. The molecule has 0 saturated carbocycles. The van der Waals surface area contributed by atoms with Gasteiger partial charge < -0.3 is 14.8 Å². The molecule has 0 aromatic heterocycles. The van der Waals surface area contributed by atoms with Crippen LogP contribution in [0.2, 0.25) is 0 Å². The summed E-state index contributed by atoms with van der Waals surface area (Å²) in [4.78, 5) is 10.8. The Kier molecular flexibility index (Phi) is 15.9. The van der Waals surface area contributed by atoms with Crippen LogP contribution in [0.5, 0.6) is 0 Å². The third-order valence-electron chi connectivity index (χ3n) is 4.80. The van der Waals surface area contributed by atoms with E-state index < -0.39 is 5.97 Å². The van der Waals surface area contributed by atoms with Gasteiger partial charge in [-0.3, -0.25) is 0 Å². The number of hydrogen-bond donors (Lipinski definition) is 1. The number of carbonyl (C=O) groups excluding carboxylic acids is 1. The van der Waals surface area contributed by atoms with Crippen molar-refractivity contribution in [3.63, 3.8) is 0 Å². The maximum absolute atomic E-state index is 8.89. The highest BCUT2D eigenvalue weighted by molar-refractivity contribution is 5.60. The first-order valence-electron chi connectivity index (χ1n) is 10.1. The number of piperidine rings is 1. The van der Waals surface area contributed by atoms with Crippen LogP contribution in [0.25, 0.3) is 0 Å². The summed E-state index contributed by atoms with van der Waals surface area (Å²) >= 11 is 0. The normalized spacial score (nSPS) is 20.7. The van der Waals surface area contributed by atoms with E-state index in [1.54, 1.807) is 0 Å². The first-order valence-corrected chi connectivity index (χ1v) is 10.1. The summed E-state index contributed by atoms with van der Waals surface area (Å²) in [6, 6.07) is 0. The van der Waals surface area contributed by atoms with Crippen molar-refractivity contribution in [1.82, 2.24) is 0 Å². The highest BCUT2D eigenvalue weighted by Gasteiger charge is 2.21. The Balaban J connectivity index is 0.00000108. The standard InChI is InChI=1S/C18H37N.C2H4O2/c1-3-5-6-7-8-9-10-11-15-19-16-12-14-18(17-19)13-4-2;1-2(3)4/h18H,3-17H2,1-2H3;1H3,(H,3,4). The van der Waals surface area contributed by atoms with Crippen molar-refractivity contribution in [3.05, 3.63) is 0 Å². The zero-order valence-corrected chi connectivity index (χ0v) is 16.0. The first kappa shape index (κ1) is 22.4. The fourth-order valence-electron chi connectivity index (χ4n) is 3.64. The maximum atomic E-state index is 8.89. The smallest absolute Gasteiger partial charge is 0.0799 e. The van der Waals surface area contributed by atoms with Gasteiger partial charge in [0.1, 0.15) is 0 Å². The summed E-state index contributed by atoms with van der Waals surface area (Å²) < 4.78 is 0. The van der Waals surface area contributed by atoms with Crippen LogP contribution in [0.1, 0.15) is 97.8 Å². The summed E-state index contributed by atoms with van der Waals surface area (Å²) in [6.07, 6.45) is 17.5. The molecule has 1 rings (SSSR count). The van der Waals surface area contributed by atoms with E-state index in [1.807, 2.05) is 4.90 Å². The number of carboxylic acids is 1. The number of quaternary nitrogens is 1. The fraction of sp³-hybridized carbons (Fsp3) is 0.950. The molecule has 0 bridgehead atoms. The zero-order valence-electron chi connectivity index (χ0n) is 16.0. The van der Waals surface area contributed by atoms with E-state index >= 15 is 0 Å². The molecule has 0 radical (unpaired) electrons. The minimum Gasteiger partial charge on any atom is -0.550 e. The summed E-state index contributed by atoms with van der Waals surface area (Å²) in [6.45, 7) is 10.00.